The Morgan fingerprint density at radius 3 is 2.54 bits per heavy atom. The number of urea groups is 1. The van der Waals surface area contributed by atoms with Crippen LogP contribution in [0.1, 0.15) is 5.56 Å². The minimum absolute atomic E-state index is 0.0745. The molecule has 2 rings (SSSR count). The zero-order chi connectivity index (χ0) is 19.2. The van der Waals surface area contributed by atoms with Gasteiger partial charge in [0.05, 0.1) is 17.3 Å². The number of para-hydroxylation sites is 2. The summed E-state index contributed by atoms with van der Waals surface area (Å²) in [6, 6.07) is 10.2. The molecule has 0 bridgehead atoms. The van der Waals surface area contributed by atoms with Gasteiger partial charge >= 0.3 is 12.4 Å². The van der Waals surface area contributed by atoms with Crippen LogP contribution < -0.4 is 20.1 Å². The number of hydrogen-bond acceptors (Lipinski definition) is 3. The SMILES string of the molecule is COc1ccc(CCNC(=O)Nc2ccccc2OC(F)(F)F)cc1Br. The molecule has 2 amide bonds. The van der Waals surface area contributed by atoms with Crippen LogP contribution in [0, 0.1) is 0 Å². The van der Waals surface area contributed by atoms with Gasteiger partial charge in [-0.15, -0.1) is 13.2 Å². The average molecular weight is 433 g/mol. The van der Waals surface area contributed by atoms with Crippen LogP contribution >= 0.6 is 15.9 Å². The highest BCUT2D eigenvalue weighted by molar-refractivity contribution is 9.10. The summed E-state index contributed by atoms with van der Waals surface area (Å²) in [7, 11) is 1.56. The smallest absolute Gasteiger partial charge is 0.496 e. The summed E-state index contributed by atoms with van der Waals surface area (Å²) in [6.07, 6.45) is -4.30. The molecule has 0 unspecified atom stereocenters. The fraction of sp³-hybridized carbons (Fsp3) is 0.235. The number of hydrogen-bond donors (Lipinski definition) is 2. The number of anilines is 1. The van der Waals surface area contributed by atoms with Gasteiger partial charge in [-0.3, -0.25) is 0 Å². The number of methoxy groups -OCH3 is 1. The summed E-state index contributed by atoms with van der Waals surface area (Å²) in [5.74, 6) is 0.218. The quantitative estimate of drug-likeness (QED) is 0.693. The molecule has 26 heavy (non-hydrogen) atoms. The lowest BCUT2D eigenvalue weighted by Gasteiger charge is -2.14. The number of carbonyl (C=O) groups is 1. The molecule has 0 atom stereocenters. The van der Waals surface area contributed by atoms with Crippen LogP contribution in [0.15, 0.2) is 46.9 Å². The van der Waals surface area contributed by atoms with Gasteiger partial charge in [0.15, 0.2) is 5.75 Å². The topological polar surface area (TPSA) is 59.6 Å². The van der Waals surface area contributed by atoms with Crippen molar-refractivity contribution in [2.75, 3.05) is 19.0 Å². The Morgan fingerprint density at radius 2 is 1.88 bits per heavy atom. The van der Waals surface area contributed by atoms with Crippen LogP contribution in [0.25, 0.3) is 0 Å². The van der Waals surface area contributed by atoms with E-state index in [0.29, 0.717) is 18.7 Å². The summed E-state index contributed by atoms with van der Waals surface area (Å²) in [4.78, 5) is 11.9. The molecule has 0 aliphatic rings. The molecule has 2 aromatic rings. The fourth-order valence-electron chi connectivity index (χ4n) is 2.14. The first kappa shape index (κ1) is 19.9. The van der Waals surface area contributed by atoms with Crippen LogP contribution in [-0.2, 0) is 6.42 Å². The molecule has 0 radical (unpaired) electrons. The highest BCUT2D eigenvalue weighted by atomic mass is 79.9. The molecular weight excluding hydrogens is 417 g/mol. The number of benzene rings is 2. The second-order valence-electron chi connectivity index (χ2n) is 5.14. The first-order chi connectivity index (χ1) is 12.3. The lowest BCUT2D eigenvalue weighted by atomic mass is 10.1. The van der Waals surface area contributed by atoms with Gasteiger partial charge in [-0.2, -0.15) is 0 Å². The minimum Gasteiger partial charge on any atom is -0.496 e. The standard InChI is InChI=1S/C17H16BrF3N2O3/c1-25-14-7-6-11(10-12(14)18)8-9-22-16(24)23-13-4-2-3-5-15(13)26-17(19,20)21/h2-7,10H,8-9H2,1H3,(H2,22,23,24). The molecule has 140 valence electrons. The highest BCUT2D eigenvalue weighted by Gasteiger charge is 2.32. The van der Waals surface area contributed by atoms with Gasteiger partial charge < -0.3 is 20.1 Å². The number of carbonyl (C=O) groups excluding carboxylic acids is 1. The highest BCUT2D eigenvalue weighted by Crippen LogP contribution is 2.29. The van der Waals surface area contributed by atoms with Crippen molar-refractivity contribution in [2.45, 2.75) is 12.8 Å². The van der Waals surface area contributed by atoms with Crippen molar-refractivity contribution in [1.29, 1.82) is 0 Å². The van der Waals surface area contributed by atoms with Crippen LogP contribution in [0.3, 0.4) is 0 Å². The number of nitrogens with one attached hydrogen (secondary N) is 2. The van der Waals surface area contributed by atoms with Crippen molar-refractivity contribution in [3.63, 3.8) is 0 Å². The average Bonchev–Trinajstić information content (AvgIpc) is 2.55. The molecule has 0 saturated carbocycles. The van der Waals surface area contributed by atoms with Gasteiger partial charge in [-0.1, -0.05) is 18.2 Å². The molecule has 9 heteroatoms. The fourth-order valence-corrected chi connectivity index (χ4v) is 2.72. The number of rotatable bonds is 6. The van der Waals surface area contributed by atoms with Crippen LogP contribution in [0.2, 0.25) is 0 Å². The van der Waals surface area contributed by atoms with Crippen molar-refractivity contribution in [3.8, 4) is 11.5 Å². The summed E-state index contributed by atoms with van der Waals surface area (Å²) in [5, 5.41) is 4.93. The second kappa shape index (κ2) is 8.79. The van der Waals surface area contributed by atoms with E-state index in [4.69, 9.17) is 4.74 Å². The van der Waals surface area contributed by atoms with E-state index >= 15 is 0 Å². The molecule has 0 fully saturated rings. The second-order valence-corrected chi connectivity index (χ2v) is 6.00. The molecule has 5 nitrogen and oxygen atoms in total. The molecule has 0 aliphatic heterocycles. The van der Waals surface area contributed by atoms with Crippen LogP contribution in [-0.4, -0.2) is 26.0 Å². The van der Waals surface area contributed by atoms with Gasteiger partial charge in [0.25, 0.3) is 0 Å². The third kappa shape index (κ3) is 6.14. The Morgan fingerprint density at radius 1 is 1.15 bits per heavy atom. The van der Waals surface area contributed by atoms with Gasteiger partial charge in [0, 0.05) is 6.54 Å². The molecule has 0 aliphatic carbocycles. The van der Waals surface area contributed by atoms with E-state index in [1.807, 2.05) is 12.1 Å². The van der Waals surface area contributed by atoms with Gasteiger partial charge in [-0.05, 0) is 52.2 Å². The first-order valence-electron chi connectivity index (χ1n) is 7.50. The third-order valence-electron chi connectivity index (χ3n) is 3.28. The maximum atomic E-state index is 12.4. The maximum Gasteiger partial charge on any atom is 0.573 e. The van der Waals surface area contributed by atoms with E-state index in [1.165, 1.54) is 18.2 Å². The Bertz CT molecular complexity index is 769. The summed E-state index contributed by atoms with van der Waals surface area (Å²) in [5.41, 5.74) is 0.883. The van der Waals surface area contributed by atoms with Gasteiger partial charge in [-0.25, -0.2) is 4.79 Å². The predicted molar refractivity (Wildman–Crippen MR) is 94.5 cm³/mol. The maximum absolute atomic E-state index is 12.4. The zero-order valence-electron chi connectivity index (χ0n) is 13.7. The van der Waals surface area contributed by atoms with E-state index in [-0.39, 0.29) is 5.69 Å². The molecular formula is C17H16BrF3N2O3. The van der Waals surface area contributed by atoms with Gasteiger partial charge in [0.2, 0.25) is 0 Å². The number of halogens is 4. The van der Waals surface area contributed by atoms with Gasteiger partial charge in [0.1, 0.15) is 5.75 Å². The zero-order valence-corrected chi connectivity index (χ0v) is 15.3. The van der Waals surface area contributed by atoms with E-state index in [2.05, 4.69) is 31.3 Å². The molecule has 0 saturated heterocycles. The predicted octanol–water partition coefficient (Wildman–Crippen LogP) is 4.72. The van der Waals surface area contributed by atoms with Crippen molar-refractivity contribution >= 4 is 27.6 Å². The van der Waals surface area contributed by atoms with Crippen molar-refractivity contribution in [2.24, 2.45) is 0 Å². The van der Waals surface area contributed by atoms with Crippen LogP contribution in [0.4, 0.5) is 23.7 Å². The Balaban J connectivity index is 1.89. The normalized spacial score (nSPS) is 11.0. The molecule has 2 N–H and O–H groups in total. The summed E-state index contributed by atoms with van der Waals surface area (Å²) < 4.78 is 46.9. The van der Waals surface area contributed by atoms with E-state index in [0.717, 1.165) is 16.1 Å². The lowest BCUT2D eigenvalue weighted by Crippen LogP contribution is -2.31. The lowest BCUT2D eigenvalue weighted by molar-refractivity contribution is -0.274. The molecule has 2 aromatic carbocycles. The summed E-state index contributed by atoms with van der Waals surface area (Å²) in [6.45, 7) is 0.299. The largest absolute Gasteiger partial charge is 0.573 e. The molecule has 0 spiro atoms. The van der Waals surface area contributed by atoms with Crippen molar-refractivity contribution in [1.82, 2.24) is 5.32 Å². The Hall–Kier alpha value is -2.42. The number of alkyl halides is 3. The van der Waals surface area contributed by atoms with Crippen molar-refractivity contribution in [3.05, 3.63) is 52.5 Å². The van der Waals surface area contributed by atoms with Crippen LogP contribution in [0.5, 0.6) is 11.5 Å². The van der Waals surface area contributed by atoms with E-state index in [1.54, 1.807) is 13.2 Å². The molecule has 0 aromatic heterocycles. The number of amides is 2. The van der Waals surface area contributed by atoms with Crippen molar-refractivity contribution < 1.29 is 27.4 Å². The van der Waals surface area contributed by atoms with E-state index < -0.39 is 18.1 Å². The monoisotopic (exact) mass is 432 g/mol. The van der Waals surface area contributed by atoms with E-state index in [9.17, 15) is 18.0 Å². The summed E-state index contributed by atoms with van der Waals surface area (Å²) >= 11 is 3.37. The Labute approximate surface area is 156 Å². The number of ether oxygens (including phenoxy) is 2. The Kier molecular flexibility index (Phi) is 6.73. The first-order valence-corrected chi connectivity index (χ1v) is 8.30. The third-order valence-corrected chi connectivity index (χ3v) is 3.90. The molecule has 0 heterocycles. The minimum atomic E-state index is -4.84.